The number of hydrogen-bond donors (Lipinski definition) is 1. The monoisotopic (exact) mass is 420 g/mol. The van der Waals surface area contributed by atoms with Crippen molar-refractivity contribution < 1.29 is 8.42 Å². The highest BCUT2D eigenvalue weighted by Crippen LogP contribution is 2.50. The van der Waals surface area contributed by atoms with Crippen molar-refractivity contribution in [2.75, 3.05) is 5.75 Å². The van der Waals surface area contributed by atoms with Gasteiger partial charge in [-0.2, -0.15) is 5.26 Å². The lowest BCUT2D eigenvalue weighted by molar-refractivity contribution is 0.393. The van der Waals surface area contributed by atoms with Gasteiger partial charge < -0.3 is 5.73 Å². The Labute approximate surface area is 166 Å². The van der Waals surface area contributed by atoms with E-state index in [1.54, 1.807) is 25.3 Å². The third-order valence-corrected chi connectivity index (χ3v) is 9.99. The molecular weight excluding hydrogens is 404 g/mol. The van der Waals surface area contributed by atoms with Crippen molar-refractivity contribution in [3.63, 3.8) is 0 Å². The molecule has 1 aliphatic carbocycles. The first-order valence-electron chi connectivity index (χ1n) is 8.44. The van der Waals surface area contributed by atoms with Crippen LogP contribution in [0.1, 0.15) is 36.6 Å². The molecule has 0 saturated heterocycles. The maximum atomic E-state index is 13.0. The van der Waals surface area contributed by atoms with Crippen molar-refractivity contribution in [1.29, 1.82) is 5.26 Å². The van der Waals surface area contributed by atoms with Gasteiger partial charge in [0.1, 0.15) is 22.2 Å². The van der Waals surface area contributed by atoms with E-state index in [1.807, 2.05) is 0 Å². The molecule has 3 heterocycles. The third kappa shape index (κ3) is 2.68. The van der Waals surface area contributed by atoms with E-state index in [2.05, 4.69) is 16.0 Å². The number of amidine groups is 1. The molecule has 1 aliphatic heterocycles. The van der Waals surface area contributed by atoms with Gasteiger partial charge >= 0.3 is 0 Å². The molecule has 27 heavy (non-hydrogen) atoms. The lowest BCUT2D eigenvalue weighted by Gasteiger charge is -2.46. The standard InChI is InChI=1S/C18H17ClN4O2S2/c1-17(10-27(24,25)18(3-2-4-18)16(21)23-17)15-13(19)6-14(26-15)12-5-11(7-20)8-22-9-12/h5-6,8-9H,2-4,10H2,1H3,(H2,21,23). The molecule has 1 unspecified atom stereocenters. The van der Waals surface area contributed by atoms with E-state index in [1.165, 1.54) is 17.5 Å². The largest absolute Gasteiger partial charge is 0.386 e. The van der Waals surface area contributed by atoms with Crippen molar-refractivity contribution in [1.82, 2.24) is 4.98 Å². The Morgan fingerprint density at radius 2 is 2.07 bits per heavy atom. The zero-order chi connectivity index (χ0) is 19.4. The molecule has 0 bridgehead atoms. The van der Waals surface area contributed by atoms with E-state index in [9.17, 15) is 8.42 Å². The third-order valence-electron chi connectivity index (χ3n) is 5.39. The second kappa shape index (κ2) is 6.03. The number of aromatic nitrogens is 1. The molecule has 2 aromatic rings. The number of thiophene rings is 1. The number of pyridine rings is 1. The van der Waals surface area contributed by atoms with Crippen LogP contribution >= 0.6 is 22.9 Å². The normalized spacial score (nSPS) is 25.4. The van der Waals surface area contributed by atoms with E-state index < -0.39 is 20.1 Å². The average molecular weight is 421 g/mol. The fourth-order valence-corrected chi connectivity index (χ4v) is 7.97. The minimum absolute atomic E-state index is 0.114. The minimum Gasteiger partial charge on any atom is -0.386 e. The number of hydrogen-bond acceptors (Lipinski definition) is 7. The Morgan fingerprint density at radius 1 is 1.33 bits per heavy atom. The fourth-order valence-electron chi connectivity index (χ4n) is 3.76. The van der Waals surface area contributed by atoms with Gasteiger partial charge in [0.2, 0.25) is 0 Å². The van der Waals surface area contributed by atoms with Crippen LogP contribution in [0.2, 0.25) is 5.02 Å². The summed E-state index contributed by atoms with van der Waals surface area (Å²) in [5.41, 5.74) is 6.33. The number of nitrogens with zero attached hydrogens (tertiary/aromatic N) is 3. The van der Waals surface area contributed by atoms with Crippen molar-refractivity contribution in [3.8, 4) is 16.5 Å². The molecule has 0 amide bonds. The maximum absolute atomic E-state index is 13.0. The molecular formula is C18H17ClN4O2S2. The van der Waals surface area contributed by atoms with Crippen LogP contribution in [0.3, 0.4) is 0 Å². The minimum atomic E-state index is -3.44. The molecule has 1 fully saturated rings. The second-order valence-electron chi connectivity index (χ2n) is 7.24. The van der Waals surface area contributed by atoms with Crippen LogP contribution in [0.15, 0.2) is 29.5 Å². The smallest absolute Gasteiger partial charge is 0.165 e. The first-order valence-corrected chi connectivity index (χ1v) is 11.3. The fraction of sp³-hybridized carbons (Fsp3) is 0.389. The number of halogens is 1. The average Bonchev–Trinajstić information content (AvgIpc) is 2.94. The summed E-state index contributed by atoms with van der Waals surface area (Å²) in [6.07, 6.45) is 5.05. The Balaban J connectivity index is 1.80. The van der Waals surface area contributed by atoms with Crippen LogP contribution in [0.5, 0.6) is 0 Å². The quantitative estimate of drug-likeness (QED) is 0.801. The zero-order valence-electron chi connectivity index (χ0n) is 14.6. The number of nitrogens with two attached hydrogens (primary N) is 1. The topological polar surface area (TPSA) is 109 Å². The van der Waals surface area contributed by atoms with Gasteiger partial charge in [-0.3, -0.25) is 9.98 Å². The summed E-state index contributed by atoms with van der Waals surface area (Å²) in [6.45, 7) is 1.76. The van der Waals surface area contributed by atoms with Crippen LogP contribution in [0, 0.1) is 11.3 Å². The molecule has 2 aromatic heterocycles. The van der Waals surface area contributed by atoms with Crippen LogP contribution in [0.25, 0.3) is 10.4 Å². The summed E-state index contributed by atoms with van der Waals surface area (Å²) in [7, 11) is -3.44. The number of nitriles is 1. The van der Waals surface area contributed by atoms with Gasteiger partial charge in [-0.15, -0.1) is 11.3 Å². The summed E-state index contributed by atoms with van der Waals surface area (Å²) < 4.78 is 25.0. The molecule has 0 aromatic carbocycles. The van der Waals surface area contributed by atoms with E-state index in [4.69, 9.17) is 22.6 Å². The van der Waals surface area contributed by atoms with Crippen LogP contribution in [-0.4, -0.2) is 29.7 Å². The highest BCUT2D eigenvalue weighted by Gasteiger charge is 2.58. The molecule has 6 nitrogen and oxygen atoms in total. The predicted octanol–water partition coefficient (Wildman–Crippen LogP) is 3.26. The zero-order valence-corrected chi connectivity index (χ0v) is 17.0. The van der Waals surface area contributed by atoms with Gasteiger partial charge in [-0.05, 0) is 38.3 Å². The second-order valence-corrected chi connectivity index (χ2v) is 11.0. The Bertz CT molecular complexity index is 1110. The van der Waals surface area contributed by atoms with Gasteiger partial charge in [-0.1, -0.05) is 11.6 Å². The van der Waals surface area contributed by atoms with Crippen molar-refractivity contribution >= 4 is 38.6 Å². The first-order chi connectivity index (χ1) is 12.7. The highest BCUT2D eigenvalue weighted by atomic mass is 35.5. The van der Waals surface area contributed by atoms with Crippen LogP contribution < -0.4 is 5.73 Å². The van der Waals surface area contributed by atoms with E-state index in [0.29, 0.717) is 28.3 Å². The summed E-state index contributed by atoms with van der Waals surface area (Å²) in [6, 6.07) is 5.54. The number of aliphatic imine (C=N–C) groups is 1. The van der Waals surface area contributed by atoms with Crippen LogP contribution in [0.4, 0.5) is 0 Å². The molecule has 0 radical (unpaired) electrons. The molecule has 2 N–H and O–H groups in total. The van der Waals surface area contributed by atoms with E-state index in [0.717, 1.165) is 16.9 Å². The van der Waals surface area contributed by atoms with Gasteiger partial charge in [-0.25, -0.2) is 8.42 Å². The van der Waals surface area contributed by atoms with E-state index in [-0.39, 0.29) is 11.6 Å². The lowest BCUT2D eigenvalue weighted by atomic mass is 9.82. The lowest BCUT2D eigenvalue weighted by Crippen LogP contribution is -2.61. The van der Waals surface area contributed by atoms with Gasteiger partial charge in [0.15, 0.2) is 9.84 Å². The maximum Gasteiger partial charge on any atom is 0.165 e. The number of rotatable bonds is 2. The predicted molar refractivity (Wildman–Crippen MR) is 107 cm³/mol. The molecule has 1 atom stereocenters. The van der Waals surface area contributed by atoms with Gasteiger partial charge in [0.25, 0.3) is 0 Å². The number of sulfone groups is 1. The SMILES string of the molecule is CC1(c2sc(-c3cncc(C#N)c3)cc2Cl)CS(=O)(=O)C2(CCC2)C(N)=N1. The van der Waals surface area contributed by atoms with E-state index >= 15 is 0 Å². The summed E-state index contributed by atoms with van der Waals surface area (Å²) >= 11 is 7.83. The highest BCUT2D eigenvalue weighted by molar-refractivity contribution is 7.93. The van der Waals surface area contributed by atoms with Crippen LogP contribution in [-0.2, 0) is 15.4 Å². The molecule has 4 rings (SSSR count). The van der Waals surface area contributed by atoms with Crippen molar-refractivity contribution in [2.24, 2.45) is 10.7 Å². The molecule has 140 valence electrons. The first kappa shape index (κ1) is 18.4. The Kier molecular flexibility index (Phi) is 4.11. The van der Waals surface area contributed by atoms with Crippen molar-refractivity contribution in [2.45, 2.75) is 36.5 Å². The Morgan fingerprint density at radius 3 is 2.67 bits per heavy atom. The summed E-state index contributed by atoms with van der Waals surface area (Å²) in [5, 5.41) is 9.51. The summed E-state index contributed by atoms with van der Waals surface area (Å²) in [5.74, 6) is 0.0818. The van der Waals surface area contributed by atoms with Crippen molar-refractivity contribution in [3.05, 3.63) is 40.0 Å². The Hall–Kier alpha value is -1.95. The summed E-state index contributed by atoms with van der Waals surface area (Å²) in [4.78, 5) is 10.2. The molecule has 1 spiro atoms. The van der Waals surface area contributed by atoms with Gasteiger partial charge in [0, 0.05) is 22.8 Å². The molecule has 1 saturated carbocycles. The molecule has 9 heteroatoms. The molecule has 2 aliphatic rings. The van der Waals surface area contributed by atoms with Gasteiger partial charge in [0.05, 0.1) is 21.2 Å².